The van der Waals surface area contributed by atoms with Crippen LogP contribution in [0, 0.1) is 0 Å². The van der Waals surface area contributed by atoms with E-state index in [1.54, 1.807) is 23.3 Å². The molecule has 84 valence electrons. The Labute approximate surface area is 96.1 Å². The molecule has 2 aliphatic heterocycles. The zero-order chi connectivity index (χ0) is 11.7. The molecule has 2 aliphatic rings. The second-order valence-electron chi connectivity index (χ2n) is 3.28. The molecule has 16 heavy (non-hydrogen) atoms. The zero-order valence-corrected chi connectivity index (χ0v) is 8.89. The number of hydrazone groups is 1. The fourth-order valence-electron chi connectivity index (χ4n) is 1.38. The summed E-state index contributed by atoms with van der Waals surface area (Å²) in [7, 11) is 0. The number of hydrogen-bond acceptors (Lipinski definition) is 4. The summed E-state index contributed by atoms with van der Waals surface area (Å²) in [5.74, 6) is -0.966. The molecule has 0 bridgehead atoms. The van der Waals surface area contributed by atoms with Gasteiger partial charge in [0.15, 0.2) is 5.84 Å². The van der Waals surface area contributed by atoms with E-state index in [9.17, 15) is 9.59 Å². The first kappa shape index (κ1) is 10.7. The van der Waals surface area contributed by atoms with Crippen molar-refractivity contribution >= 4 is 29.3 Å². The summed E-state index contributed by atoms with van der Waals surface area (Å²) in [6.45, 7) is -0.381. The number of allylic oxidation sites excluding steroid dienone is 2. The lowest BCUT2D eigenvalue weighted by atomic mass is 10.3. The lowest BCUT2D eigenvalue weighted by molar-refractivity contribution is -0.145. The smallest absolute Gasteiger partial charge is 0.325 e. The summed E-state index contributed by atoms with van der Waals surface area (Å²) >= 11 is 5.76. The average Bonchev–Trinajstić information content (AvgIpc) is 2.19. The SMILES string of the molecule is O=C(O)CN1N=C2C=CC(Cl)=CN2CC1=O. The predicted octanol–water partition coefficient (Wildman–Crippen LogP) is 0.179. The van der Waals surface area contributed by atoms with Gasteiger partial charge in [0.1, 0.15) is 13.1 Å². The number of carboxylic acids is 1. The lowest BCUT2D eigenvalue weighted by Crippen LogP contribution is -2.46. The fourth-order valence-corrected chi connectivity index (χ4v) is 1.56. The van der Waals surface area contributed by atoms with Crippen molar-refractivity contribution in [2.75, 3.05) is 13.1 Å². The molecule has 0 saturated carbocycles. The number of rotatable bonds is 2. The molecule has 0 aromatic rings. The van der Waals surface area contributed by atoms with E-state index in [2.05, 4.69) is 5.10 Å². The van der Waals surface area contributed by atoms with Gasteiger partial charge >= 0.3 is 5.97 Å². The highest BCUT2D eigenvalue weighted by Gasteiger charge is 2.27. The Morgan fingerprint density at radius 1 is 1.56 bits per heavy atom. The van der Waals surface area contributed by atoms with Crippen molar-refractivity contribution in [3.63, 3.8) is 0 Å². The molecular formula is C9H8ClN3O3. The molecule has 2 heterocycles. The Morgan fingerprint density at radius 2 is 2.31 bits per heavy atom. The highest BCUT2D eigenvalue weighted by atomic mass is 35.5. The minimum atomic E-state index is -1.10. The van der Waals surface area contributed by atoms with Gasteiger partial charge < -0.3 is 10.0 Å². The Kier molecular flexibility index (Phi) is 2.66. The van der Waals surface area contributed by atoms with E-state index in [4.69, 9.17) is 16.7 Å². The van der Waals surface area contributed by atoms with E-state index in [0.29, 0.717) is 10.9 Å². The Balaban J connectivity index is 2.23. The molecule has 0 fully saturated rings. The number of amides is 1. The third-order valence-corrected chi connectivity index (χ3v) is 2.29. The minimum Gasteiger partial charge on any atom is -0.480 e. The molecule has 1 amide bonds. The fraction of sp³-hybridized carbons (Fsp3) is 0.222. The number of aliphatic carboxylic acids is 1. The van der Waals surface area contributed by atoms with Gasteiger partial charge in [-0.3, -0.25) is 9.59 Å². The lowest BCUT2D eigenvalue weighted by Gasteiger charge is -2.30. The van der Waals surface area contributed by atoms with Gasteiger partial charge in [-0.1, -0.05) is 11.6 Å². The zero-order valence-electron chi connectivity index (χ0n) is 8.13. The number of fused-ring (bicyclic) bond motifs is 1. The maximum Gasteiger partial charge on any atom is 0.325 e. The van der Waals surface area contributed by atoms with Crippen molar-refractivity contribution in [2.45, 2.75) is 0 Å². The van der Waals surface area contributed by atoms with Crippen LogP contribution in [0.4, 0.5) is 0 Å². The van der Waals surface area contributed by atoms with Gasteiger partial charge in [-0.2, -0.15) is 5.10 Å². The highest BCUT2D eigenvalue weighted by molar-refractivity contribution is 6.32. The number of hydrogen-bond donors (Lipinski definition) is 1. The van der Waals surface area contributed by atoms with Crippen molar-refractivity contribution < 1.29 is 14.7 Å². The second kappa shape index (κ2) is 3.97. The molecule has 0 aromatic carbocycles. The van der Waals surface area contributed by atoms with Gasteiger partial charge in [-0.05, 0) is 12.2 Å². The van der Waals surface area contributed by atoms with E-state index >= 15 is 0 Å². The number of carbonyl (C=O) groups excluding carboxylic acids is 1. The summed E-state index contributed by atoms with van der Waals surface area (Å²) < 4.78 is 0. The molecule has 7 heteroatoms. The van der Waals surface area contributed by atoms with Crippen molar-refractivity contribution in [3.8, 4) is 0 Å². The molecular weight excluding hydrogens is 234 g/mol. The monoisotopic (exact) mass is 241 g/mol. The number of amidine groups is 1. The second-order valence-corrected chi connectivity index (χ2v) is 3.71. The standard InChI is InChI=1S/C9H8ClN3O3/c10-6-1-2-7-11-13(5-9(15)16)8(14)4-12(7)3-6/h1-3H,4-5H2,(H,15,16). The van der Waals surface area contributed by atoms with Crippen LogP contribution in [0.3, 0.4) is 0 Å². The molecule has 0 spiro atoms. The Bertz CT molecular complexity index is 441. The first-order chi connectivity index (χ1) is 7.56. The van der Waals surface area contributed by atoms with E-state index in [1.165, 1.54) is 0 Å². The molecule has 2 rings (SSSR count). The molecule has 0 atom stereocenters. The number of carboxylic acid groups (broad SMARTS) is 1. The van der Waals surface area contributed by atoms with Gasteiger partial charge in [0.05, 0.1) is 5.03 Å². The molecule has 0 aliphatic carbocycles. The molecule has 6 nitrogen and oxygen atoms in total. The normalized spacial score (nSPS) is 19.2. The largest absolute Gasteiger partial charge is 0.480 e. The summed E-state index contributed by atoms with van der Waals surface area (Å²) in [5, 5.41) is 13.9. The van der Waals surface area contributed by atoms with E-state index in [0.717, 1.165) is 5.01 Å². The average molecular weight is 242 g/mol. The third kappa shape index (κ3) is 2.06. The van der Waals surface area contributed by atoms with Crippen LogP contribution in [-0.4, -0.2) is 45.8 Å². The van der Waals surface area contributed by atoms with E-state index in [1.807, 2.05) is 0 Å². The summed E-state index contributed by atoms with van der Waals surface area (Å²) in [4.78, 5) is 23.6. The van der Waals surface area contributed by atoms with Crippen LogP contribution in [0.1, 0.15) is 0 Å². The maximum atomic E-state index is 11.5. The van der Waals surface area contributed by atoms with Gasteiger partial charge in [0.2, 0.25) is 0 Å². The molecule has 1 N–H and O–H groups in total. The number of halogens is 1. The highest BCUT2D eigenvalue weighted by Crippen LogP contribution is 2.16. The van der Waals surface area contributed by atoms with E-state index in [-0.39, 0.29) is 12.5 Å². The number of carbonyl (C=O) groups is 2. The van der Waals surface area contributed by atoms with Crippen LogP contribution < -0.4 is 0 Å². The summed E-state index contributed by atoms with van der Waals surface area (Å²) in [6, 6.07) is 0. The Hall–Kier alpha value is -1.82. The maximum absolute atomic E-state index is 11.5. The Morgan fingerprint density at radius 3 is 3.00 bits per heavy atom. The predicted molar refractivity (Wildman–Crippen MR) is 56.6 cm³/mol. The molecule has 0 unspecified atom stereocenters. The molecule has 0 radical (unpaired) electrons. The molecule has 0 saturated heterocycles. The third-order valence-electron chi connectivity index (χ3n) is 2.07. The van der Waals surface area contributed by atoms with Crippen LogP contribution in [0.25, 0.3) is 0 Å². The topological polar surface area (TPSA) is 73.2 Å². The summed E-state index contributed by atoms with van der Waals surface area (Å²) in [5.41, 5.74) is 0. The van der Waals surface area contributed by atoms with Crippen molar-refractivity contribution in [2.24, 2.45) is 5.10 Å². The van der Waals surface area contributed by atoms with Crippen LogP contribution in [0.5, 0.6) is 0 Å². The minimum absolute atomic E-state index is 0.0483. The van der Waals surface area contributed by atoms with Crippen LogP contribution >= 0.6 is 11.6 Å². The van der Waals surface area contributed by atoms with Crippen LogP contribution in [-0.2, 0) is 9.59 Å². The first-order valence-corrected chi connectivity index (χ1v) is 4.87. The summed E-state index contributed by atoms with van der Waals surface area (Å²) in [6.07, 6.45) is 4.84. The van der Waals surface area contributed by atoms with Gasteiger partial charge in [0.25, 0.3) is 5.91 Å². The van der Waals surface area contributed by atoms with Gasteiger partial charge in [0, 0.05) is 6.20 Å². The van der Waals surface area contributed by atoms with Crippen molar-refractivity contribution in [1.29, 1.82) is 0 Å². The number of nitrogens with zero attached hydrogens (tertiary/aromatic N) is 3. The van der Waals surface area contributed by atoms with E-state index < -0.39 is 12.5 Å². The van der Waals surface area contributed by atoms with Gasteiger partial charge in [-0.25, -0.2) is 5.01 Å². The first-order valence-electron chi connectivity index (χ1n) is 4.49. The van der Waals surface area contributed by atoms with Crippen LogP contribution in [0.2, 0.25) is 0 Å². The van der Waals surface area contributed by atoms with Gasteiger partial charge in [-0.15, -0.1) is 0 Å². The van der Waals surface area contributed by atoms with Crippen LogP contribution in [0.15, 0.2) is 28.5 Å². The van der Waals surface area contributed by atoms with Crippen molar-refractivity contribution in [1.82, 2.24) is 9.91 Å². The molecule has 0 aromatic heterocycles. The van der Waals surface area contributed by atoms with Crippen molar-refractivity contribution in [3.05, 3.63) is 23.4 Å². The quantitative estimate of drug-likeness (QED) is 0.749.